The normalized spacial score (nSPS) is 18.5. The molecule has 0 N–H and O–H groups in total. The van der Waals surface area contributed by atoms with Crippen molar-refractivity contribution in [1.82, 2.24) is 0 Å². The quantitative estimate of drug-likeness (QED) is 0.484. The first-order chi connectivity index (χ1) is 8.06. The van der Waals surface area contributed by atoms with Gasteiger partial charge in [0.1, 0.15) is 0 Å². The molecule has 1 aromatic rings. The zero-order chi connectivity index (χ0) is 12.5. The molecule has 0 saturated carbocycles. The van der Waals surface area contributed by atoms with Crippen molar-refractivity contribution in [3.05, 3.63) is 39.9 Å². The zero-order valence-electron chi connectivity index (χ0n) is 8.64. The average molecular weight is 278 g/mol. The Bertz CT molecular complexity index is 415. The van der Waals surface area contributed by atoms with E-state index in [1.165, 1.54) is 24.3 Å². The summed E-state index contributed by atoms with van der Waals surface area (Å²) >= 11 is 11.7. The Balaban J connectivity index is 2.34. The lowest BCUT2D eigenvalue weighted by Crippen LogP contribution is -2.34. The summed E-state index contributed by atoms with van der Waals surface area (Å²) in [7, 11) is 0. The Morgan fingerprint density at radius 3 is 2.18 bits per heavy atom. The minimum absolute atomic E-state index is 0.0115. The van der Waals surface area contributed by atoms with Gasteiger partial charge in [-0.05, 0) is 12.1 Å². The summed E-state index contributed by atoms with van der Waals surface area (Å²) in [5.74, 6) is -1.22. The minimum atomic E-state index is -1.22. The van der Waals surface area contributed by atoms with Crippen LogP contribution in [0.3, 0.4) is 0 Å². The molecule has 92 valence electrons. The van der Waals surface area contributed by atoms with Crippen LogP contribution in [0.2, 0.25) is 0 Å². The molecule has 1 fully saturated rings. The number of nitro benzene ring substituents is 1. The van der Waals surface area contributed by atoms with Crippen molar-refractivity contribution >= 4 is 28.9 Å². The maximum atomic E-state index is 10.5. The highest BCUT2D eigenvalue weighted by molar-refractivity contribution is 6.45. The second kappa shape index (κ2) is 4.78. The van der Waals surface area contributed by atoms with Crippen molar-refractivity contribution in [2.75, 3.05) is 13.2 Å². The fourth-order valence-electron chi connectivity index (χ4n) is 1.66. The van der Waals surface area contributed by atoms with Crippen LogP contribution < -0.4 is 0 Å². The van der Waals surface area contributed by atoms with E-state index < -0.39 is 15.5 Å². The molecule has 1 aliphatic heterocycles. The summed E-state index contributed by atoms with van der Waals surface area (Å²) in [6, 6.07) is 5.78. The lowest BCUT2D eigenvalue weighted by Gasteiger charge is -2.28. The molecule has 0 radical (unpaired) electrons. The summed E-state index contributed by atoms with van der Waals surface area (Å²) in [6.07, 6.45) is 0. The summed E-state index contributed by atoms with van der Waals surface area (Å²) in [5, 5.41) is 10.5. The standard InChI is InChI=1S/C10H9Cl2NO4/c11-9(12)10(16-5-6-17-10)7-1-3-8(4-2-7)13(14)15/h1-4,9H,5-6H2. The molecule has 0 atom stereocenters. The Kier molecular flexibility index (Phi) is 3.53. The van der Waals surface area contributed by atoms with E-state index in [1.54, 1.807) is 0 Å². The van der Waals surface area contributed by atoms with Gasteiger partial charge in [-0.25, -0.2) is 0 Å². The molecule has 1 aliphatic rings. The number of benzene rings is 1. The van der Waals surface area contributed by atoms with Gasteiger partial charge >= 0.3 is 0 Å². The van der Waals surface area contributed by atoms with Gasteiger partial charge in [-0.15, -0.1) is 0 Å². The fourth-order valence-corrected chi connectivity index (χ4v) is 2.17. The third-order valence-electron chi connectivity index (χ3n) is 2.48. The average Bonchev–Trinajstić information content (AvgIpc) is 2.79. The van der Waals surface area contributed by atoms with Gasteiger partial charge in [0.2, 0.25) is 5.79 Å². The van der Waals surface area contributed by atoms with Gasteiger partial charge in [0.25, 0.3) is 5.69 Å². The number of hydrogen-bond donors (Lipinski definition) is 0. The Hall–Kier alpha value is -0.880. The van der Waals surface area contributed by atoms with Gasteiger partial charge in [0, 0.05) is 17.7 Å². The first-order valence-electron chi connectivity index (χ1n) is 4.87. The van der Waals surface area contributed by atoms with Gasteiger partial charge in [-0.1, -0.05) is 23.2 Å². The topological polar surface area (TPSA) is 61.6 Å². The van der Waals surface area contributed by atoms with Crippen LogP contribution in [0.15, 0.2) is 24.3 Å². The van der Waals surface area contributed by atoms with Crippen LogP contribution in [0.4, 0.5) is 5.69 Å². The van der Waals surface area contributed by atoms with Gasteiger partial charge in [0.15, 0.2) is 4.84 Å². The number of halogens is 2. The number of alkyl halides is 2. The third kappa shape index (κ3) is 2.24. The maximum Gasteiger partial charge on any atom is 0.269 e. The predicted molar refractivity (Wildman–Crippen MR) is 62.2 cm³/mol. The third-order valence-corrected chi connectivity index (χ3v) is 3.06. The Morgan fingerprint density at radius 1 is 1.24 bits per heavy atom. The van der Waals surface area contributed by atoms with E-state index in [9.17, 15) is 10.1 Å². The largest absolute Gasteiger partial charge is 0.341 e. The first-order valence-corrected chi connectivity index (χ1v) is 5.74. The zero-order valence-corrected chi connectivity index (χ0v) is 10.1. The highest BCUT2D eigenvalue weighted by Crippen LogP contribution is 2.39. The summed E-state index contributed by atoms with van der Waals surface area (Å²) in [6.45, 7) is 0.764. The molecule has 0 bridgehead atoms. The molecule has 0 spiro atoms. The molecule has 0 aliphatic carbocycles. The van der Waals surface area contributed by atoms with Crippen LogP contribution >= 0.6 is 23.2 Å². The molecule has 2 rings (SSSR count). The van der Waals surface area contributed by atoms with Crippen molar-refractivity contribution in [3.63, 3.8) is 0 Å². The highest BCUT2D eigenvalue weighted by atomic mass is 35.5. The van der Waals surface area contributed by atoms with Gasteiger partial charge in [0.05, 0.1) is 18.1 Å². The molecular weight excluding hydrogens is 269 g/mol. The molecule has 17 heavy (non-hydrogen) atoms. The monoisotopic (exact) mass is 277 g/mol. The van der Waals surface area contributed by atoms with Crippen LogP contribution in [-0.4, -0.2) is 23.0 Å². The van der Waals surface area contributed by atoms with Crippen LogP contribution in [0.25, 0.3) is 0 Å². The van der Waals surface area contributed by atoms with Gasteiger partial charge in [-0.3, -0.25) is 10.1 Å². The number of ether oxygens (including phenoxy) is 2. The number of nitro groups is 1. The van der Waals surface area contributed by atoms with E-state index in [1.807, 2.05) is 0 Å². The van der Waals surface area contributed by atoms with Crippen LogP contribution in [0.5, 0.6) is 0 Å². The van der Waals surface area contributed by atoms with Crippen molar-refractivity contribution < 1.29 is 14.4 Å². The van der Waals surface area contributed by atoms with Crippen molar-refractivity contribution in [1.29, 1.82) is 0 Å². The van der Waals surface area contributed by atoms with Crippen molar-refractivity contribution in [2.24, 2.45) is 0 Å². The van der Waals surface area contributed by atoms with E-state index in [-0.39, 0.29) is 5.69 Å². The van der Waals surface area contributed by atoms with Gasteiger partial charge in [-0.2, -0.15) is 0 Å². The molecule has 7 heteroatoms. The van der Waals surface area contributed by atoms with E-state index in [0.717, 1.165) is 0 Å². The summed E-state index contributed by atoms with van der Waals surface area (Å²) in [4.78, 5) is 9.15. The first kappa shape index (κ1) is 12.6. The van der Waals surface area contributed by atoms with Crippen LogP contribution in [-0.2, 0) is 15.3 Å². The smallest absolute Gasteiger partial charge is 0.269 e. The Morgan fingerprint density at radius 2 is 1.76 bits per heavy atom. The van der Waals surface area contributed by atoms with E-state index >= 15 is 0 Å². The summed E-state index contributed by atoms with van der Waals surface area (Å²) in [5.41, 5.74) is 0.554. The number of non-ortho nitro benzene ring substituents is 1. The van der Waals surface area contributed by atoms with Crippen LogP contribution in [0.1, 0.15) is 5.56 Å². The fraction of sp³-hybridized carbons (Fsp3) is 0.400. The van der Waals surface area contributed by atoms with E-state index in [4.69, 9.17) is 32.7 Å². The summed E-state index contributed by atoms with van der Waals surface area (Å²) < 4.78 is 10.9. The predicted octanol–water partition coefficient (Wildman–Crippen LogP) is 2.60. The molecule has 1 aromatic carbocycles. The lowest BCUT2D eigenvalue weighted by molar-refractivity contribution is -0.384. The van der Waals surface area contributed by atoms with E-state index in [2.05, 4.69) is 0 Å². The molecule has 1 saturated heterocycles. The molecule has 5 nitrogen and oxygen atoms in total. The second-order valence-electron chi connectivity index (χ2n) is 3.47. The van der Waals surface area contributed by atoms with E-state index in [0.29, 0.717) is 18.8 Å². The number of nitrogens with zero attached hydrogens (tertiary/aromatic N) is 1. The Labute approximate surface area is 107 Å². The van der Waals surface area contributed by atoms with Crippen LogP contribution in [0, 0.1) is 10.1 Å². The number of hydrogen-bond acceptors (Lipinski definition) is 4. The number of rotatable bonds is 3. The maximum absolute atomic E-state index is 10.5. The lowest BCUT2D eigenvalue weighted by atomic mass is 10.1. The molecular formula is C10H9Cl2NO4. The molecule has 1 heterocycles. The SMILES string of the molecule is O=[N+]([O-])c1ccc(C2(C(Cl)Cl)OCCO2)cc1. The van der Waals surface area contributed by atoms with Gasteiger partial charge < -0.3 is 9.47 Å². The highest BCUT2D eigenvalue weighted by Gasteiger charge is 2.45. The molecule has 0 amide bonds. The minimum Gasteiger partial charge on any atom is -0.341 e. The molecule has 0 unspecified atom stereocenters. The van der Waals surface area contributed by atoms with Crippen molar-refractivity contribution in [2.45, 2.75) is 10.6 Å². The molecule has 0 aromatic heterocycles. The second-order valence-corrected chi connectivity index (χ2v) is 4.57. The van der Waals surface area contributed by atoms with Crippen molar-refractivity contribution in [3.8, 4) is 0 Å².